The van der Waals surface area contributed by atoms with Gasteiger partial charge >= 0.3 is 0 Å². The maximum atomic E-state index is 12.9. The Morgan fingerprint density at radius 1 is 1.27 bits per heavy atom. The molecule has 1 aromatic carbocycles. The minimum atomic E-state index is 0.0259. The largest absolute Gasteiger partial charge is 0.377 e. The lowest BCUT2D eigenvalue weighted by Gasteiger charge is -2.11. The third kappa shape index (κ3) is 3.75. The molecule has 2 aromatic heterocycles. The lowest BCUT2D eigenvalue weighted by atomic mass is 10.0. The average Bonchev–Trinajstić information content (AvgIpc) is 2.94. The quantitative estimate of drug-likeness (QED) is 0.634. The van der Waals surface area contributed by atoms with Gasteiger partial charge in [-0.2, -0.15) is 0 Å². The first-order chi connectivity index (χ1) is 12.5. The van der Waals surface area contributed by atoms with Gasteiger partial charge in [0.1, 0.15) is 11.6 Å². The third-order valence-corrected chi connectivity index (χ3v) is 4.28. The van der Waals surface area contributed by atoms with Gasteiger partial charge in [-0.25, -0.2) is 9.97 Å². The standard InChI is InChI=1S/C20H24N4O2/c1-5-26-11-15-9-21-14(4)24-20(15)22-10-18(25)19-13(3)23-17-7-6-12(2)8-16(17)19/h6-9,23H,5,10-11H2,1-4H3,(H,21,22,24). The van der Waals surface area contributed by atoms with Crippen molar-refractivity contribution in [3.63, 3.8) is 0 Å². The van der Waals surface area contributed by atoms with Crippen molar-refractivity contribution in [2.45, 2.75) is 34.3 Å². The summed E-state index contributed by atoms with van der Waals surface area (Å²) >= 11 is 0. The van der Waals surface area contributed by atoms with Gasteiger partial charge in [-0.1, -0.05) is 11.6 Å². The normalized spacial score (nSPS) is 11.1. The van der Waals surface area contributed by atoms with Crippen molar-refractivity contribution in [3.05, 3.63) is 52.6 Å². The molecular formula is C20H24N4O2. The number of fused-ring (bicyclic) bond motifs is 1. The van der Waals surface area contributed by atoms with E-state index in [0.29, 0.717) is 24.9 Å². The minimum absolute atomic E-state index is 0.0259. The molecule has 26 heavy (non-hydrogen) atoms. The number of H-pyrrole nitrogens is 1. The molecule has 0 unspecified atom stereocenters. The molecule has 0 fully saturated rings. The fraction of sp³-hybridized carbons (Fsp3) is 0.350. The summed E-state index contributed by atoms with van der Waals surface area (Å²) < 4.78 is 5.46. The van der Waals surface area contributed by atoms with E-state index < -0.39 is 0 Å². The number of carbonyl (C=O) groups is 1. The lowest BCUT2D eigenvalue weighted by Crippen LogP contribution is -2.17. The summed E-state index contributed by atoms with van der Waals surface area (Å²) in [4.78, 5) is 24.8. The number of carbonyl (C=O) groups excluding carboxylic acids is 1. The molecule has 3 rings (SSSR count). The van der Waals surface area contributed by atoms with E-state index in [9.17, 15) is 4.79 Å². The van der Waals surface area contributed by atoms with Crippen LogP contribution < -0.4 is 5.32 Å². The van der Waals surface area contributed by atoms with Crippen molar-refractivity contribution < 1.29 is 9.53 Å². The summed E-state index contributed by atoms with van der Waals surface area (Å²) in [5, 5.41) is 4.12. The Morgan fingerprint density at radius 2 is 2.08 bits per heavy atom. The third-order valence-electron chi connectivity index (χ3n) is 4.28. The highest BCUT2D eigenvalue weighted by atomic mass is 16.5. The molecule has 0 aliphatic heterocycles. The van der Waals surface area contributed by atoms with Gasteiger partial charge in [0.05, 0.1) is 13.2 Å². The molecule has 2 N–H and O–H groups in total. The van der Waals surface area contributed by atoms with Crippen LogP contribution in [0.1, 0.15) is 39.9 Å². The van der Waals surface area contributed by atoms with Crippen LogP contribution in [0.2, 0.25) is 0 Å². The fourth-order valence-corrected chi connectivity index (χ4v) is 3.02. The van der Waals surface area contributed by atoms with Crippen LogP contribution >= 0.6 is 0 Å². The van der Waals surface area contributed by atoms with Gasteiger partial charge < -0.3 is 15.0 Å². The summed E-state index contributed by atoms with van der Waals surface area (Å²) in [7, 11) is 0. The Balaban J connectivity index is 1.83. The van der Waals surface area contributed by atoms with Crippen LogP contribution in [0.15, 0.2) is 24.4 Å². The van der Waals surface area contributed by atoms with Gasteiger partial charge in [0.2, 0.25) is 0 Å². The molecule has 0 saturated carbocycles. The second-order valence-corrected chi connectivity index (χ2v) is 6.38. The highest BCUT2D eigenvalue weighted by Crippen LogP contribution is 2.24. The molecule has 0 bridgehead atoms. The van der Waals surface area contributed by atoms with E-state index in [1.165, 1.54) is 0 Å². The van der Waals surface area contributed by atoms with Crippen LogP contribution in [0.25, 0.3) is 10.9 Å². The van der Waals surface area contributed by atoms with E-state index in [0.717, 1.165) is 33.3 Å². The lowest BCUT2D eigenvalue weighted by molar-refractivity contribution is 0.101. The van der Waals surface area contributed by atoms with Crippen molar-refractivity contribution in [1.29, 1.82) is 0 Å². The zero-order valence-corrected chi connectivity index (χ0v) is 15.6. The first kappa shape index (κ1) is 18.1. The number of hydrogen-bond acceptors (Lipinski definition) is 5. The number of rotatable bonds is 7. The van der Waals surface area contributed by atoms with Crippen LogP contribution in [0.4, 0.5) is 5.82 Å². The summed E-state index contributed by atoms with van der Waals surface area (Å²) in [6.07, 6.45) is 1.74. The number of nitrogens with zero attached hydrogens (tertiary/aromatic N) is 2. The molecule has 0 saturated heterocycles. The molecule has 136 valence electrons. The maximum Gasteiger partial charge on any atom is 0.184 e. The Labute approximate surface area is 153 Å². The van der Waals surface area contributed by atoms with Gasteiger partial charge in [-0.05, 0) is 39.8 Å². The van der Waals surface area contributed by atoms with E-state index in [4.69, 9.17) is 4.74 Å². The number of hydrogen-bond donors (Lipinski definition) is 2. The molecule has 6 nitrogen and oxygen atoms in total. The Hall–Kier alpha value is -2.73. The van der Waals surface area contributed by atoms with Gasteiger partial charge in [0.25, 0.3) is 0 Å². The van der Waals surface area contributed by atoms with Crippen molar-refractivity contribution in [2.75, 3.05) is 18.5 Å². The minimum Gasteiger partial charge on any atom is -0.377 e. The zero-order valence-electron chi connectivity index (χ0n) is 15.6. The molecule has 0 spiro atoms. The van der Waals surface area contributed by atoms with Gasteiger partial charge in [0, 0.05) is 40.5 Å². The Kier molecular flexibility index (Phi) is 5.32. The van der Waals surface area contributed by atoms with Crippen LogP contribution in [-0.4, -0.2) is 33.9 Å². The highest BCUT2D eigenvalue weighted by Gasteiger charge is 2.17. The number of benzene rings is 1. The zero-order chi connectivity index (χ0) is 18.7. The predicted molar refractivity (Wildman–Crippen MR) is 103 cm³/mol. The molecule has 6 heteroatoms. The first-order valence-electron chi connectivity index (χ1n) is 8.75. The summed E-state index contributed by atoms with van der Waals surface area (Å²) in [5.41, 5.74) is 4.56. The molecule has 0 atom stereocenters. The topological polar surface area (TPSA) is 79.9 Å². The molecular weight excluding hydrogens is 328 g/mol. The molecule has 0 aliphatic carbocycles. The van der Waals surface area contributed by atoms with Crippen LogP contribution in [0.3, 0.4) is 0 Å². The average molecular weight is 352 g/mol. The van der Waals surface area contributed by atoms with E-state index in [-0.39, 0.29) is 12.3 Å². The second kappa shape index (κ2) is 7.66. The number of nitrogens with one attached hydrogen (secondary N) is 2. The summed E-state index contributed by atoms with van der Waals surface area (Å²) in [6, 6.07) is 6.09. The van der Waals surface area contributed by atoms with Crippen molar-refractivity contribution in [2.24, 2.45) is 0 Å². The van der Waals surface area contributed by atoms with Gasteiger partial charge in [0.15, 0.2) is 5.78 Å². The number of ketones is 1. The predicted octanol–water partition coefficient (Wildman–Crippen LogP) is 3.71. The highest BCUT2D eigenvalue weighted by molar-refractivity contribution is 6.10. The van der Waals surface area contributed by atoms with Gasteiger partial charge in [-0.3, -0.25) is 4.79 Å². The summed E-state index contributed by atoms with van der Waals surface area (Å²) in [6.45, 7) is 8.91. The Bertz CT molecular complexity index is 946. The molecule has 3 aromatic rings. The van der Waals surface area contributed by atoms with Crippen molar-refractivity contribution in [1.82, 2.24) is 15.0 Å². The van der Waals surface area contributed by atoms with Crippen LogP contribution in [-0.2, 0) is 11.3 Å². The molecule has 0 amide bonds. The van der Waals surface area contributed by atoms with Gasteiger partial charge in [-0.15, -0.1) is 0 Å². The number of aryl methyl sites for hydroxylation is 3. The number of aromatic amines is 1. The van der Waals surface area contributed by atoms with E-state index in [1.807, 2.05) is 45.9 Å². The molecule has 2 heterocycles. The maximum absolute atomic E-state index is 12.9. The van der Waals surface area contributed by atoms with Crippen LogP contribution in [0, 0.1) is 20.8 Å². The number of Topliss-reactive ketones (excluding diaryl/α,β-unsaturated/α-hetero) is 1. The SMILES string of the molecule is CCOCc1cnc(C)nc1NCC(=O)c1c(C)[nH]c2ccc(C)cc12. The van der Waals surface area contributed by atoms with E-state index in [1.54, 1.807) is 6.20 Å². The van der Waals surface area contributed by atoms with Crippen LogP contribution in [0.5, 0.6) is 0 Å². The summed E-state index contributed by atoms with van der Waals surface area (Å²) in [5.74, 6) is 1.32. The number of ether oxygens (including phenoxy) is 1. The molecule has 0 radical (unpaired) electrons. The second-order valence-electron chi connectivity index (χ2n) is 6.38. The number of aromatic nitrogens is 3. The Morgan fingerprint density at radius 3 is 2.85 bits per heavy atom. The van der Waals surface area contributed by atoms with Crippen molar-refractivity contribution >= 4 is 22.5 Å². The monoisotopic (exact) mass is 352 g/mol. The fourth-order valence-electron chi connectivity index (χ4n) is 3.02. The van der Waals surface area contributed by atoms with Crippen molar-refractivity contribution in [3.8, 4) is 0 Å². The number of anilines is 1. The smallest absolute Gasteiger partial charge is 0.184 e. The first-order valence-corrected chi connectivity index (χ1v) is 8.75. The molecule has 0 aliphatic rings. The van der Waals surface area contributed by atoms with E-state index in [2.05, 4.69) is 20.3 Å². The van der Waals surface area contributed by atoms with E-state index >= 15 is 0 Å².